The predicted molar refractivity (Wildman–Crippen MR) is 122 cm³/mol. The van der Waals surface area contributed by atoms with E-state index in [4.69, 9.17) is 9.73 Å². The van der Waals surface area contributed by atoms with Gasteiger partial charge in [0.1, 0.15) is 16.7 Å². The third-order valence-electron chi connectivity index (χ3n) is 5.98. The second-order valence-electron chi connectivity index (χ2n) is 7.89. The van der Waals surface area contributed by atoms with Gasteiger partial charge < -0.3 is 15.0 Å². The summed E-state index contributed by atoms with van der Waals surface area (Å²) in [6.45, 7) is 3.50. The summed E-state index contributed by atoms with van der Waals surface area (Å²) in [7, 11) is 3.93. The van der Waals surface area contributed by atoms with Crippen molar-refractivity contribution in [2.24, 2.45) is 4.99 Å². The highest BCUT2D eigenvalue weighted by Crippen LogP contribution is 2.43. The average molecular weight is 425 g/mol. The zero-order chi connectivity index (χ0) is 20.7. The van der Waals surface area contributed by atoms with E-state index in [1.807, 2.05) is 0 Å². The van der Waals surface area contributed by atoms with Crippen LogP contribution < -0.4 is 5.32 Å². The number of likely N-dealkylation sites (N-methyl/N-ethyl adjacent to an activating group) is 1. The number of ether oxygens (including phenoxy) is 1. The minimum Gasteiger partial charge on any atom is -0.385 e. The maximum Gasteiger partial charge on any atom is 0.140 e. The van der Waals surface area contributed by atoms with Gasteiger partial charge >= 0.3 is 0 Å². The van der Waals surface area contributed by atoms with E-state index in [9.17, 15) is 4.39 Å². The Morgan fingerprint density at radius 2 is 2.10 bits per heavy atom. The minimum atomic E-state index is -0.262. The van der Waals surface area contributed by atoms with Gasteiger partial charge in [0.05, 0.1) is 16.9 Å². The van der Waals surface area contributed by atoms with Gasteiger partial charge in [-0.05, 0) is 37.7 Å². The quantitative estimate of drug-likeness (QED) is 0.654. The van der Waals surface area contributed by atoms with Crippen molar-refractivity contribution < 1.29 is 9.13 Å². The lowest BCUT2D eigenvalue weighted by atomic mass is 10.1. The van der Waals surface area contributed by atoms with Crippen molar-refractivity contribution >= 4 is 43.6 Å². The van der Waals surface area contributed by atoms with Gasteiger partial charge in [-0.3, -0.25) is 4.90 Å². The third-order valence-corrected chi connectivity index (χ3v) is 7.07. The number of halogens is 1. The largest absolute Gasteiger partial charge is 0.385 e. The zero-order valence-corrected chi connectivity index (χ0v) is 18.0. The van der Waals surface area contributed by atoms with Crippen molar-refractivity contribution in [2.75, 3.05) is 45.7 Å². The Hall–Kier alpha value is -2.48. The number of rotatable bonds is 3. The summed E-state index contributed by atoms with van der Waals surface area (Å²) in [5, 5.41) is 5.67. The Morgan fingerprint density at radius 1 is 1.23 bits per heavy atom. The molecule has 1 aromatic heterocycles. The molecule has 0 radical (unpaired) electrons. The average Bonchev–Trinajstić information content (AvgIpc) is 3.02. The second kappa shape index (κ2) is 7.98. The van der Waals surface area contributed by atoms with Crippen LogP contribution in [0.3, 0.4) is 0 Å². The molecule has 0 unspecified atom stereocenters. The molecule has 2 aromatic carbocycles. The molecule has 0 aliphatic carbocycles. The fourth-order valence-electron chi connectivity index (χ4n) is 4.29. The van der Waals surface area contributed by atoms with Crippen LogP contribution in [0.25, 0.3) is 10.1 Å². The van der Waals surface area contributed by atoms with Gasteiger partial charge in [0.25, 0.3) is 0 Å². The fourth-order valence-corrected chi connectivity index (χ4v) is 5.40. The summed E-state index contributed by atoms with van der Waals surface area (Å²) in [5.74, 6) is 0.706. The van der Waals surface area contributed by atoms with Crippen LogP contribution in [0.5, 0.6) is 0 Å². The molecule has 0 amide bonds. The molecule has 0 bridgehead atoms. The van der Waals surface area contributed by atoms with Gasteiger partial charge in [-0.1, -0.05) is 18.2 Å². The number of hydrogen-bond donors (Lipinski definition) is 1. The maximum atomic E-state index is 14.0. The Kier molecular flexibility index (Phi) is 5.18. The number of nitrogens with zero attached hydrogens (tertiary/aromatic N) is 3. The molecule has 7 heteroatoms. The number of anilines is 2. The molecule has 1 saturated heterocycles. The molecule has 2 aliphatic heterocycles. The second-order valence-corrected chi connectivity index (χ2v) is 8.94. The van der Waals surface area contributed by atoms with E-state index < -0.39 is 0 Å². The van der Waals surface area contributed by atoms with E-state index in [-0.39, 0.29) is 5.82 Å². The number of aliphatic imine (C=N–C) groups is 1. The summed E-state index contributed by atoms with van der Waals surface area (Å²) in [6, 6.07) is 13.6. The van der Waals surface area contributed by atoms with Gasteiger partial charge in [0, 0.05) is 49.5 Å². The molecule has 3 heterocycles. The molecule has 1 atom stereocenters. The molecule has 1 fully saturated rings. The normalized spacial score (nSPS) is 19.1. The van der Waals surface area contributed by atoms with Gasteiger partial charge in [-0.2, -0.15) is 0 Å². The lowest BCUT2D eigenvalue weighted by Gasteiger charge is -2.41. The molecule has 5 nitrogen and oxygen atoms in total. The Bertz CT molecular complexity index is 1110. The van der Waals surface area contributed by atoms with Crippen LogP contribution in [0, 0.1) is 5.82 Å². The standard InChI is InChI=1S/C23H25FN4OS/c1-27-10-11-28(14-16(27)9-12-29-2)22-21-17-5-3-4-6-20(17)30-23(21)26-19-13-15(24)7-8-18(19)25-22/h3-8,13,16,26H,9-12,14H2,1-2H3/t16-/m0/s1. The Labute approximate surface area is 179 Å². The van der Waals surface area contributed by atoms with Crippen LogP contribution in [-0.4, -0.2) is 62.1 Å². The molecule has 1 N–H and O–H groups in total. The van der Waals surface area contributed by atoms with E-state index in [0.717, 1.165) is 54.7 Å². The van der Waals surface area contributed by atoms with Crippen LogP contribution in [0.15, 0.2) is 47.5 Å². The lowest BCUT2D eigenvalue weighted by Crippen LogP contribution is -2.53. The van der Waals surface area contributed by atoms with Crippen molar-refractivity contribution in [2.45, 2.75) is 12.5 Å². The first kappa shape index (κ1) is 19.5. The SMILES string of the molecule is COCC[C@H]1CN(C2=Nc3ccc(F)cc3Nc3sc4ccccc4c32)CCN1C. The number of thiophene rings is 1. The zero-order valence-electron chi connectivity index (χ0n) is 17.2. The number of piperazine rings is 1. The third kappa shape index (κ3) is 3.47. The molecule has 156 valence electrons. The predicted octanol–water partition coefficient (Wildman–Crippen LogP) is 4.83. The smallest absolute Gasteiger partial charge is 0.140 e. The summed E-state index contributed by atoms with van der Waals surface area (Å²) in [4.78, 5) is 9.87. The number of methoxy groups -OCH3 is 1. The summed E-state index contributed by atoms with van der Waals surface area (Å²) in [5.41, 5.74) is 2.59. The van der Waals surface area contributed by atoms with Crippen molar-refractivity contribution in [3.05, 3.63) is 53.8 Å². The van der Waals surface area contributed by atoms with Gasteiger partial charge in [-0.15, -0.1) is 11.3 Å². The molecular weight excluding hydrogens is 399 g/mol. The molecule has 3 aromatic rings. The van der Waals surface area contributed by atoms with Crippen LogP contribution in [-0.2, 0) is 4.74 Å². The number of hydrogen-bond acceptors (Lipinski definition) is 6. The van der Waals surface area contributed by atoms with E-state index >= 15 is 0 Å². The highest BCUT2D eigenvalue weighted by molar-refractivity contribution is 7.23. The van der Waals surface area contributed by atoms with Gasteiger partial charge in [0.2, 0.25) is 0 Å². The van der Waals surface area contributed by atoms with Crippen molar-refractivity contribution in [3.63, 3.8) is 0 Å². The summed E-state index contributed by atoms with van der Waals surface area (Å²) < 4.78 is 20.5. The highest BCUT2D eigenvalue weighted by atomic mass is 32.1. The van der Waals surface area contributed by atoms with Crippen molar-refractivity contribution in [3.8, 4) is 0 Å². The van der Waals surface area contributed by atoms with Gasteiger partial charge in [0.15, 0.2) is 0 Å². The van der Waals surface area contributed by atoms with Crippen LogP contribution in [0.1, 0.15) is 12.0 Å². The van der Waals surface area contributed by atoms with Crippen molar-refractivity contribution in [1.82, 2.24) is 9.80 Å². The number of benzene rings is 2. The number of fused-ring (bicyclic) bond motifs is 4. The number of amidine groups is 1. The molecule has 0 saturated carbocycles. The van der Waals surface area contributed by atoms with E-state index in [0.29, 0.717) is 11.7 Å². The first-order valence-electron chi connectivity index (χ1n) is 10.3. The Balaban J connectivity index is 1.62. The van der Waals surface area contributed by atoms with Gasteiger partial charge in [-0.25, -0.2) is 9.38 Å². The molecule has 30 heavy (non-hydrogen) atoms. The Morgan fingerprint density at radius 3 is 2.97 bits per heavy atom. The number of nitrogens with one attached hydrogen (secondary N) is 1. The van der Waals surface area contributed by atoms with Crippen LogP contribution in [0.2, 0.25) is 0 Å². The molecule has 2 aliphatic rings. The lowest BCUT2D eigenvalue weighted by molar-refractivity contribution is 0.100. The summed E-state index contributed by atoms with van der Waals surface area (Å²) in [6.07, 6.45) is 0.980. The van der Waals surface area contributed by atoms with E-state index in [2.05, 4.69) is 46.4 Å². The molecule has 5 rings (SSSR count). The molecule has 0 spiro atoms. The highest BCUT2D eigenvalue weighted by Gasteiger charge is 2.31. The van der Waals surface area contributed by atoms with Crippen molar-refractivity contribution in [1.29, 1.82) is 0 Å². The first-order chi connectivity index (χ1) is 14.6. The fraction of sp³-hybridized carbons (Fsp3) is 0.348. The summed E-state index contributed by atoms with van der Waals surface area (Å²) >= 11 is 1.69. The first-order valence-corrected chi connectivity index (χ1v) is 11.1. The van der Waals surface area contributed by atoms with E-state index in [1.54, 1.807) is 24.5 Å². The van der Waals surface area contributed by atoms with Crippen LogP contribution >= 0.6 is 11.3 Å². The minimum absolute atomic E-state index is 0.262. The van der Waals surface area contributed by atoms with Crippen LogP contribution in [0.4, 0.5) is 20.8 Å². The molecular formula is C23H25FN4OS. The maximum absolute atomic E-state index is 14.0. The topological polar surface area (TPSA) is 40.1 Å². The monoisotopic (exact) mass is 424 g/mol. The van der Waals surface area contributed by atoms with E-state index in [1.165, 1.54) is 22.2 Å².